The maximum atomic E-state index is 9.04. The van der Waals surface area contributed by atoms with Crippen LogP contribution in [0.2, 0.25) is 0 Å². The van der Waals surface area contributed by atoms with Crippen molar-refractivity contribution >= 4 is 15.9 Å². The summed E-state index contributed by atoms with van der Waals surface area (Å²) in [7, 11) is 0. The Bertz CT molecular complexity index is 546. The van der Waals surface area contributed by atoms with Crippen LogP contribution in [0, 0.1) is 11.3 Å². The Morgan fingerprint density at radius 1 is 1.06 bits per heavy atom. The number of nitrogens with zero attached hydrogens (tertiary/aromatic N) is 1. The summed E-state index contributed by atoms with van der Waals surface area (Å²) in [5.74, 6) is 0.603. The molecule has 0 heterocycles. The fraction of sp³-hybridized carbons (Fsp3) is 0.0714. The molecule has 0 aliphatic rings. The van der Waals surface area contributed by atoms with Gasteiger partial charge >= 0.3 is 0 Å². The van der Waals surface area contributed by atoms with E-state index in [0.29, 0.717) is 17.9 Å². The highest BCUT2D eigenvalue weighted by atomic mass is 79.9. The fourth-order valence-electron chi connectivity index (χ4n) is 1.47. The van der Waals surface area contributed by atoms with Gasteiger partial charge in [-0.25, -0.2) is 0 Å². The average Bonchev–Trinajstić information content (AvgIpc) is 2.37. The third kappa shape index (κ3) is 2.86. The smallest absolute Gasteiger partial charge is 0.138 e. The molecule has 3 heteroatoms. The summed E-state index contributed by atoms with van der Waals surface area (Å²) in [5, 5.41) is 9.04. The first-order valence-corrected chi connectivity index (χ1v) is 5.96. The van der Waals surface area contributed by atoms with E-state index in [1.807, 2.05) is 42.5 Å². The van der Waals surface area contributed by atoms with E-state index in [9.17, 15) is 0 Å². The summed E-state index contributed by atoms with van der Waals surface area (Å²) in [4.78, 5) is 0. The maximum absolute atomic E-state index is 9.04. The third-order valence-electron chi connectivity index (χ3n) is 2.32. The van der Waals surface area contributed by atoms with Gasteiger partial charge < -0.3 is 4.74 Å². The summed E-state index contributed by atoms with van der Waals surface area (Å²) < 4.78 is 6.40. The minimum atomic E-state index is 0.464. The number of halogens is 1. The van der Waals surface area contributed by atoms with Crippen LogP contribution >= 0.6 is 15.9 Å². The highest BCUT2D eigenvalue weighted by molar-refractivity contribution is 9.10. The molecule has 2 aromatic rings. The van der Waals surface area contributed by atoms with Gasteiger partial charge in [0.1, 0.15) is 24.0 Å². The summed E-state index contributed by atoms with van der Waals surface area (Å²) in [6.07, 6.45) is 0. The molecule has 0 fully saturated rings. The number of benzene rings is 2. The van der Waals surface area contributed by atoms with Crippen molar-refractivity contribution in [1.29, 1.82) is 5.26 Å². The average molecular weight is 288 g/mol. The van der Waals surface area contributed by atoms with Crippen molar-refractivity contribution < 1.29 is 4.74 Å². The van der Waals surface area contributed by atoms with Gasteiger partial charge in [0.15, 0.2) is 0 Å². The lowest BCUT2D eigenvalue weighted by Gasteiger charge is -2.08. The second-order valence-corrected chi connectivity index (χ2v) is 4.35. The molecule has 0 N–H and O–H groups in total. The van der Waals surface area contributed by atoms with Crippen molar-refractivity contribution in [3.05, 3.63) is 64.1 Å². The molecule has 84 valence electrons. The summed E-state index contributed by atoms with van der Waals surface area (Å²) in [5.41, 5.74) is 1.61. The van der Waals surface area contributed by atoms with Crippen LogP contribution in [0.1, 0.15) is 11.1 Å². The van der Waals surface area contributed by atoms with Crippen molar-refractivity contribution in [2.75, 3.05) is 0 Å². The van der Waals surface area contributed by atoms with Gasteiger partial charge in [0.2, 0.25) is 0 Å². The van der Waals surface area contributed by atoms with Crippen molar-refractivity contribution in [2.24, 2.45) is 0 Å². The van der Waals surface area contributed by atoms with Crippen LogP contribution in [0.3, 0.4) is 0 Å². The first-order valence-electron chi connectivity index (χ1n) is 5.16. The lowest BCUT2D eigenvalue weighted by molar-refractivity contribution is 0.305. The topological polar surface area (TPSA) is 33.0 Å². The van der Waals surface area contributed by atoms with E-state index < -0.39 is 0 Å². The van der Waals surface area contributed by atoms with Gasteiger partial charge in [0.05, 0.1) is 0 Å². The van der Waals surface area contributed by atoms with Crippen LogP contribution in [0.5, 0.6) is 5.75 Å². The summed E-state index contributed by atoms with van der Waals surface area (Å²) in [6.45, 7) is 0.464. The molecule has 0 bridgehead atoms. The molecule has 0 aromatic heterocycles. The zero-order chi connectivity index (χ0) is 12.1. The highest BCUT2D eigenvalue weighted by Crippen LogP contribution is 2.26. The third-order valence-corrected chi connectivity index (χ3v) is 2.99. The molecule has 0 saturated heterocycles. The van der Waals surface area contributed by atoms with Crippen LogP contribution in [-0.4, -0.2) is 0 Å². The zero-order valence-electron chi connectivity index (χ0n) is 9.06. The minimum Gasteiger partial charge on any atom is -0.487 e. The van der Waals surface area contributed by atoms with Gasteiger partial charge in [-0.05, 0) is 33.6 Å². The molecule has 0 aliphatic heterocycles. The van der Waals surface area contributed by atoms with Gasteiger partial charge in [-0.2, -0.15) is 5.26 Å². The van der Waals surface area contributed by atoms with Crippen LogP contribution < -0.4 is 4.74 Å². The number of nitriles is 1. The van der Waals surface area contributed by atoms with E-state index >= 15 is 0 Å². The van der Waals surface area contributed by atoms with Crippen LogP contribution in [-0.2, 0) is 6.61 Å². The molecule has 0 unspecified atom stereocenters. The Balaban J connectivity index is 2.15. The lowest BCUT2D eigenvalue weighted by Crippen LogP contribution is -1.97. The van der Waals surface area contributed by atoms with Crippen molar-refractivity contribution in [1.82, 2.24) is 0 Å². The van der Waals surface area contributed by atoms with Gasteiger partial charge in [-0.3, -0.25) is 0 Å². The van der Waals surface area contributed by atoms with Crippen molar-refractivity contribution in [3.8, 4) is 11.8 Å². The fourth-order valence-corrected chi connectivity index (χ4v) is 1.91. The largest absolute Gasteiger partial charge is 0.487 e. The van der Waals surface area contributed by atoms with Gasteiger partial charge in [-0.1, -0.05) is 36.4 Å². The monoisotopic (exact) mass is 287 g/mol. The molecule has 2 rings (SSSR count). The molecule has 2 nitrogen and oxygen atoms in total. The Kier molecular flexibility index (Phi) is 3.79. The Morgan fingerprint density at radius 2 is 1.82 bits per heavy atom. The van der Waals surface area contributed by atoms with E-state index in [2.05, 4.69) is 22.0 Å². The van der Waals surface area contributed by atoms with E-state index in [-0.39, 0.29) is 0 Å². The molecular formula is C14H10BrNO. The quantitative estimate of drug-likeness (QED) is 0.858. The summed E-state index contributed by atoms with van der Waals surface area (Å²) >= 11 is 3.33. The predicted molar refractivity (Wildman–Crippen MR) is 69.6 cm³/mol. The minimum absolute atomic E-state index is 0.464. The Hall–Kier alpha value is -1.79. The molecular weight excluding hydrogens is 278 g/mol. The number of hydrogen-bond donors (Lipinski definition) is 0. The van der Waals surface area contributed by atoms with Crippen molar-refractivity contribution in [3.63, 3.8) is 0 Å². The van der Waals surface area contributed by atoms with Gasteiger partial charge in [-0.15, -0.1) is 0 Å². The first-order chi connectivity index (χ1) is 8.31. The number of ether oxygens (including phenoxy) is 1. The maximum Gasteiger partial charge on any atom is 0.138 e. The van der Waals surface area contributed by atoms with Gasteiger partial charge in [0.25, 0.3) is 0 Å². The molecule has 0 amide bonds. The van der Waals surface area contributed by atoms with E-state index in [1.165, 1.54) is 0 Å². The predicted octanol–water partition coefficient (Wildman–Crippen LogP) is 3.90. The lowest BCUT2D eigenvalue weighted by atomic mass is 10.2. The Labute approximate surface area is 109 Å². The van der Waals surface area contributed by atoms with Crippen LogP contribution in [0.15, 0.2) is 53.0 Å². The molecule has 2 aromatic carbocycles. The molecule has 0 aliphatic carbocycles. The molecule has 17 heavy (non-hydrogen) atoms. The normalized spacial score (nSPS) is 9.65. The van der Waals surface area contributed by atoms with E-state index in [4.69, 9.17) is 10.00 Å². The second-order valence-electron chi connectivity index (χ2n) is 3.50. The highest BCUT2D eigenvalue weighted by Gasteiger charge is 2.06. The zero-order valence-corrected chi connectivity index (χ0v) is 10.6. The van der Waals surface area contributed by atoms with Gasteiger partial charge in [0, 0.05) is 4.47 Å². The number of hydrogen-bond acceptors (Lipinski definition) is 2. The van der Waals surface area contributed by atoms with E-state index in [0.717, 1.165) is 10.0 Å². The van der Waals surface area contributed by atoms with Crippen LogP contribution in [0.4, 0.5) is 0 Å². The Morgan fingerprint density at radius 3 is 2.53 bits per heavy atom. The van der Waals surface area contributed by atoms with Crippen molar-refractivity contribution in [2.45, 2.75) is 6.61 Å². The number of rotatable bonds is 3. The molecule has 0 atom stereocenters. The summed E-state index contributed by atoms with van der Waals surface area (Å²) in [6, 6.07) is 17.5. The van der Waals surface area contributed by atoms with Crippen LogP contribution in [0.25, 0.3) is 0 Å². The standard InChI is InChI=1S/C14H10BrNO/c15-13-7-4-8-14(12(13)9-16)17-10-11-5-2-1-3-6-11/h1-8H,10H2. The molecule has 0 radical (unpaired) electrons. The molecule has 0 spiro atoms. The second kappa shape index (κ2) is 5.51. The van der Waals surface area contributed by atoms with E-state index in [1.54, 1.807) is 6.07 Å². The first kappa shape index (κ1) is 11.7. The SMILES string of the molecule is N#Cc1c(Br)cccc1OCc1ccccc1. The molecule has 0 saturated carbocycles.